The Balaban J connectivity index is 1.83. The summed E-state index contributed by atoms with van der Waals surface area (Å²) >= 11 is 4.98. The fourth-order valence-corrected chi connectivity index (χ4v) is 2.20. The van der Waals surface area contributed by atoms with Gasteiger partial charge in [-0.25, -0.2) is 0 Å². The third-order valence-corrected chi connectivity index (χ3v) is 3.60. The number of aryl methyl sites for hydroxylation is 1. The number of carbonyl (C=O) groups is 2. The molecule has 0 aliphatic rings. The summed E-state index contributed by atoms with van der Waals surface area (Å²) in [5.41, 5.74) is 7.21. The van der Waals surface area contributed by atoms with Gasteiger partial charge in [0.25, 0.3) is 5.91 Å². The van der Waals surface area contributed by atoms with Gasteiger partial charge in [-0.2, -0.15) is 0 Å². The molecule has 0 saturated carbocycles. The van der Waals surface area contributed by atoms with Crippen molar-refractivity contribution >= 4 is 35.2 Å². The van der Waals surface area contributed by atoms with Crippen LogP contribution in [0.4, 0.5) is 0 Å². The molecule has 2 aromatic carbocycles. The van der Waals surface area contributed by atoms with E-state index in [1.165, 1.54) is 6.08 Å². The lowest BCUT2D eigenvalue weighted by molar-refractivity contribution is -0.115. The minimum absolute atomic E-state index is 0.0138. The summed E-state index contributed by atoms with van der Waals surface area (Å²) < 4.78 is 5.20. The van der Waals surface area contributed by atoms with E-state index >= 15 is 0 Å². The smallest absolute Gasteiger partial charge is 0.269 e. The molecule has 0 aliphatic heterocycles. The van der Waals surface area contributed by atoms with Crippen LogP contribution in [0.25, 0.3) is 6.08 Å². The molecule has 134 valence electrons. The van der Waals surface area contributed by atoms with Gasteiger partial charge in [-0.1, -0.05) is 35.9 Å². The molecule has 7 heteroatoms. The Morgan fingerprint density at radius 3 is 2.42 bits per heavy atom. The van der Waals surface area contributed by atoms with Crippen LogP contribution in [0.5, 0.6) is 5.75 Å². The van der Waals surface area contributed by atoms with Gasteiger partial charge in [0.2, 0.25) is 5.91 Å². The molecule has 0 heterocycles. The van der Waals surface area contributed by atoms with E-state index < -0.39 is 5.91 Å². The zero-order valence-electron chi connectivity index (χ0n) is 14.4. The van der Waals surface area contributed by atoms with Crippen LogP contribution < -0.4 is 20.9 Å². The van der Waals surface area contributed by atoms with E-state index in [0.717, 1.165) is 11.1 Å². The Hall–Kier alpha value is -3.19. The number of amides is 2. The van der Waals surface area contributed by atoms with E-state index in [4.69, 9.17) is 17.0 Å². The van der Waals surface area contributed by atoms with Crippen LogP contribution in [-0.2, 0) is 4.79 Å². The molecule has 0 radical (unpaired) electrons. The number of para-hydroxylation sites is 1. The number of hydrogen-bond donors (Lipinski definition) is 3. The minimum atomic E-state index is -0.432. The summed E-state index contributed by atoms with van der Waals surface area (Å²) in [4.78, 5) is 23.9. The second-order valence-corrected chi connectivity index (χ2v) is 5.75. The fraction of sp³-hybridized carbons (Fsp3) is 0.105. The molecule has 2 rings (SSSR count). The third kappa shape index (κ3) is 5.71. The number of nitrogens with one attached hydrogen (secondary N) is 3. The molecular weight excluding hydrogens is 350 g/mol. The Morgan fingerprint density at radius 1 is 1.04 bits per heavy atom. The molecular formula is C19H19N3O3S. The van der Waals surface area contributed by atoms with Crippen LogP contribution in [0.2, 0.25) is 0 Å². The van der Waals surface area contributed by atoms with E-state index in [9.17, 15) is 9.59 Å². The molecule has 0 bridgehead atoms. The van der Waals surface area contributed by atoms with Crippen LogP contribution in [0.1, 0.15) is 21.5 Å². The molecule has 3 N–H and O–H groups in total. The molecule has 0 fully saturated rings. The van der Waals surface area contributed by atoms with Crippen molar-refractivity contribution in [2.75, 3.05) is 7.11 Å². The van der Waals surface area contributed by atoms with Crippen LogP contribution in [-0.4, -0.2) is 24.0 Å². The Labute approximate surface area is 157 Å². The molecule has 0 aliphatic carbocycles. The maximum atomic E-state index is 12.0. The van der Waals surface area contributed by atoms with Crippen molar-refractivity contribution in [2.24, 2.45) is 0 Å². The first kappa shape index (κ1) is 19.1. The molecule has 2 amide bonds. The largest absolute Gasteiger partial charge is 0.496 e. The molecule has 0 atom stereocenters. The van der Waals surface area contributed by atoms with E-state index in [0.29, 0.717) is 11.3 Å². The maximum Gasteiger partial charge on any atom is 0.269 e. The first-order valence-electron chi connectivity index (χ1n) is 7.78. The number of thiocarbonyl (C=S) groups is 1. The van der Waals surface area contributed by atoms with Crippen molar-refractivity contribution in [3.63, 3.8) is 0 Å². The highest BCUT2D eigenvalue weighted by Crippen LogP contribution is 2.18. The highest BCUT2D eigenvalue weighted by molar-refractivity contribution is 7.80. The summed E-state index contributed by atoms with van der Waals surface area (Å²) in [6.07, 6.45) is 2.94. The number of hydrogen-bond acceptors (Lipinski definition) is 4. The van der Waals surface area contributed by atoms with E-state index in [2.05, 4.69) is 16.2 Å². The van der Waals surface area contributed by atoms with Crippen molar-refractivity contribution in [1.82, 2.24) is 16.2 Å². The molecule has 0 unspecified atom stereocenters. The van der Waals surface area contributed by atoms with Gasteiger partial charge in [0.05, 0.1) is 7.11 Å². The van der Waals surface area contributed by atoms with E-state index in [-0.39, 0.29) is 11.0 Å². The number of ether oxygens (including phenoxy) is 1. The Kier molecular flexibility index (Phi) is 6.87. The lowest BCUT2D eigenvalue weighted by Gasteiger charge is -2.10. The number of hydrazine groups is 1. The average molecular weight is 369 g/mol. The lowest BCUT2D eigenvalue weighted by Crippen LogP contribution is -2.48. The minimum Gasteiger partial charge on any atom is -0.496 e. The van der Waals surface area contributed by atoms with Crippen LogP contribution in [0.3, 0.4) is 0 Å². The van der Waals surface area contributed by atoms with Crippen molar-refractivity contribution in [2.45, 2.75) is 6.92 Å². The zero-order valence-corrected chi connectivity index (χ0v) is 15.2. The van der Waals surface area contributed by atoms with Gasteiger partial charge < -0.3 is 4.74 Å². The summed E-state index contributed by atoms with van der Waals surface area (Å²) in [7, 11) is 1.56. The predicted octanol–water partition coefficient (Wildman–Crippen LogP) is 2.35. The van der Waals surface area contributed by atoms with Gasteiger partial charge in [-0.05, 0) is 43.4 Å². The van der Waals surface area contributed by atoms with E-state index in [1.54, 1.807) is 31.4 Å². The van der Waals surface area contributed by atoms with Crippen LogP contribution in [0.15, 0.2) is 54.6 Å². The quantitative estimate of drug-likeness (QED) is 0.438. The van der Waals surface area contributed by atoms with Crippen molar-refractivity contribution in [3.05, 3.63) is 71.3 Å². The summed E-state index contributed by atoms with van der Waals surface area (Å²) in [6, 6.07) is 14.4. The highest BCUT2D eigenvalue weighted by atomic mass is 32.1. The van der Waals surface area contributed by atoms with Gasteiger partial charge in [0.1, 0.15) is 5.75 Å². The van der Waals surface area contributed by atoms with Crippen LogP contribution >= 0.6 is 12.2 Å². The standard InChI is InChI=1S/C19H19N3O3S/c1-13-7-9-15(10-8-13)18(24)21-22-19(26)20-17(23)12-11-14-5-3-4-6-16(14)25-2/h3-12H,1-2H3,(H,21,24)(H2,20,22,23,26). The molecule has 0 aromatic heterocycles. The van der Waals surface area contributed by atoms with Gasteiger partial charge in [-0.15, -0.1) is 0 Å². The summed E-state index contributed by atoms with van der Waals surface area (Å²) in [5.74, 6) is -0.133. The average Bonchev–Trinajstić information content (AvgIpc) is 2.65. The van der Waals surface area contributed by atoms with Crippen molar-refractivity contribution in [3.8, 4) is 5.75 Å². The summed E-state index contributed by atoms with van der Waals surface area (Å²) in [6.45, 7) is 1.93. The normalized spacial score (nSPS) is 10.2. The SMILES string of the molecule is COc1ccccc1C=CC(=O)NC(=S)NNC(=O)c1ccc(C)cc1. The van der Waals surface area contributed by atoms with Crippen LogP contribution in [0, 0.1) is 6.92 Å². The lowest BCUT2D eigenvalue weighted by atomic mass is 10.1. The van der Waals surface area contributed by atoms with E-state index in [1.807, 2.05) is 37.3 Å². The van der Waals surface area contributed by atoms with Gasteiger partial charge in [-0.3, -0.25) is 25.8 Å². The predicted molar refractivity (Wildman–Crippen MR) is 105 cm³/mol. The maximum absolute atomic E-state index is 12.0. The topological polar surface area (TPSA) is 79.5 Å². The highest BCUT2D eigenvalue weighted by Gasteiger charge is 2.06. The van der Waals surface area contributed by atoms with Crippen molar-refractivity contribution in [1.29, 1.82) is 0 Å². The fourth-order valence-electron chi connectivity index (χ4n) is 2.05. The number of benzene rings is 2. The second kappa shape index (κ2) is 9.33. The molecule has 26 heavy (non-hydrogen) atoms. The van der Waals surface area contributed by atoms with Gasteiger partial charge in [0.15, 0.2) is 5.11 Å². The van der Waals surface area contributed by atoms with Gasteiger partial charge >= 0.3 is 0 Å². The first-order valence-corrected chi connectivity index (χ1v) is 8.19. The number of methoxy groups -OCH3 is 1. The van der Waals surface area contributed by atoms with Crippen molar-refractivity contribution < 1.29 is 14.3 Å². The molecule has 6 nitrogen and oxygen atoms in total. The molecule has 2 aromatic rings. The van der Waals surface area contributed by atoms with Gasteiger partial charge in [0, 0.05) is 17.2 Å². The first-order chi connectivity index (χ1) is 12.5. The number of carbonyl (C=O) groups excluding carboxylic acids is 2. The number of rotatable bonds is 4. The summed E-state index contributed by atoms with van der Waals surface area (Å²) in [5, 5.41) is 2.43. The monoisotopic (exact) mass is 369 g/mol. The molecule has 0 spiro atoms. The zero-order chi connectivity index (χ0) is 18.9. The molecule has 0 saturated heterocycles. The third-order valence-electron chi connectivity index (χ3n) is 3.39. The second-order valence-electron chi connectivity index (χ2n) is 5.34. The Bertz CT molecular complexity index is 832. The Morgan fingerprint density at radius 2 is 1.73 bits per heavy atom.